The Balaban J connectivity index is 0.000000212. The van der Waals surface area contributed by atoms with Gasteiger partial charge in [0.15, 0.2) is 5.82 Å². The van der Waals surface area contributed by atoms with E-state index in [2.05, 4.69) is 15.0 Å². The molecular formula is C12H17N3O5. The number of aromatic nitrogens is 2. The summed E-state index contributed by atoms with van der Waals surface area (Å²) in [7, 11) is 0. The molecule has 2 aliphatic heterocycles. The third kappa shape index (κ3) is 3.53. The van der Waals surface area contributed by atoms with Crippen molar-refractivity contribution in [3.8, 4) is 0 Å². The molecule has 0 radical (unpaired) electrons. The van der Waals surface area contributed by atoms with Gasteiger partial charge < -0.3 is 19.6 Å². The number of nitrogens with zero attached hydrogens (tertiary/aromatic N) is 3. The molecule has 20 heavy (non-hydrogen) atoms. The fourth-order valence-electron chi connectivity index (χ4n) is 2.77. The van der Waals surface area contributed by atoms with Gasteiger partial charge in [-0.3, -0.25) is 0 Å². The number of carboxylic acids is 2. The normalized spacial score (nSPS) is 26.9. The van der Waals surface area contributed by atoms with Gasteiger partial charge in [-0.1, -0.05) is 5.16 Å². The summed E-state index contributed by atoms with van der Waals surface area (Å²) in [6.07, 6.45) is 2.33. The molecule has 0 amide bonds. The number of rotatable bonds is 2. The Kier molecular flexibility index (Phi) is 4.33. The van der Waals surface area contributed by atoms with Gasteiger partial charge in [-0.25, -0.2) is 9.59 Å². The van der Waals surface area contributed by atoms with Crippen LogP contribution in [0.3, 0.4) is 0 Å². The Labute approximate surface area is 115 Å². The van der Waals surface area contributed by atoms with Crippen LogP contribution in [0, 0.1) is 18.8 Å². The first-order chi connectivity index (χ1) is 9.45. The van der Waals surface area contributed by atoms with Gasteiger partial charge in [-0.2, -0.15) is 4.98 Å². The predicted molar refractivity (Wildman–Crippen MR) is 66.0 cm³/mol. The quantitative estimate of drug-likeness (QED) is 0.730. The minimum absolute atomic E-state index is 0.753. The van der Waals surface area contributed by atoms with Crippen molar-refractivity contribution in [2.45, 2.75) is 19.8 Å². The highest BCUT2D eigenvalue weighted by molar-refractivity contribution is 6.27. The van der Waals surface area contributed by atoms with E-state index in [1.807, 2.05) is 6.92 Å². The minimum atomic E-state index is -1.82. The SMILES string of the molecule is Cc1noc(CC2CN3CCC2C3)n1.O=C(O)C(=O)O. The summed E-state index contributed by atoms with van der Waals surface area (Å²) in [4.78, 5) is 25.0. The van der Waals surface area contributed by atoms with Crippen LogP contribution in [0.2, 0.25) is 0 Å². The molecule has 8 heteroatoms. The lowest BCUT2D eigenvalue weighted by Crippen LogP contribution is -2.24. The molecule has 0 aromatic carbocycles. The molecule has 3 unspecified atom stereocenters. The van der Waals surface area contributed by atoms with Gasteiger partial charge in [0.1, 0.15) is 0 Å². The molecule has 110 valence electrons. The molecule has 3 heterocycles. The van der Waals surface area contributed by atoms with E-state index in [0.29, 0.717) is 0 Å². The Hall–Kier alpha value is -1.96. The van der Waals surface area contributed by atoms with Crippen molar-refractivity contribution in [2.24, 2.45) is 11.8 Å². The number of piperidine rings is 1. The Morgan fingerprint density at radius 3 is 2.45 bits per heavy atom. The second kappa shape index (κ2) is 6.00. The van der Waals surface area contributed by atoms with E-state index >= 15 is 0 Å². The van der Waals surface area contributed by atoms with Crippen molar-refractivity contribution >= 4 is 11.9 Å². The van der Waals surface area contributed by atoms with Crippen LogP contribution in [-0.2, 0) is 16.0 Å². The third-order valence-corrected chi connectivity index (χ3v) is 3.66. The van der Waals surface area contributed by atoms with Crippen molar-refractivity contribution in [2.75, 3.05) is 19.6 Å². The van der Waals surface area contributed by atoms with E-state index in [4.69, 9.17) is 24.3 Å². The highest BCUT2D eigenvalue weighted by Crippen LogP contribution is 2.34. The first kappa shape index (κ1) is 14.4. The highest BCUT2D eigenvalue weighted by Gasteiger charge is 2.38. The zero-order valence-electron chi connectivity index (χ0n) is 11.2. The highest BCUT2D eigenvalue weighted by atomic mass is 16.5. The second-order valence-electron chi connectivity index (χ2n) is 5.12. The van der Waals surface area contributed by atoms with Crippen molar-refractivity contribution in [1.82, 2.24) is 15.0 Å². The number of carbonyl (C=O) groups is 2. The summed E-state index contributed by atoms with van der Waals surface area (Å²) in [5.74, 6) is -0.444. The lowest BCUT2D eigenvalue weighted by molar-refractivity contribution is -0.159. The van der Waals surface area contributed by atoms with Gasteiger partial charge >= 0.3 is 11.9 Å². The second-order valence-corrected chi connectivity index (χ2v) is 5.12. The third-order valence-electron chi connectivity index (χ3n) is 3.66. The monoisotopic (exact) mass is 283 g/mol. The molecule has 1 aromatic heterocycles. The molecule has 0 spiro atoms. The van der Waals surface area contributed by atoms with Crippen LogP contribution in [0.5, 0.6) is 0 Å². The van der Waals surface area contributed by atoms with Gasteiger partial charge in [-0.15, -0.1) is 0 Å². The molecule has 2 fully saturated rings. The number of aliphatic carboxylic acids is 2. The fourth-order valence-corrected chi connectivity index (χ4v) is 2.77. The predicted octanol–water partition coefficient (Wildman–Crippen LogP) is 0.0278. The van der Waals surface area contributed by atoms with Crippen LogP contribution < -0.4 is 0 Å². The number of aryl methyl sites for hydroxylation is 1. The van der Waals surface area contributed by atoms with Crippen molar-refractivity contribution in [3.63, 3.8) is 0 Å². The van der Waals surface area contributed by atoms with Crippen molar-refractivity contribution < 1.29 is 24.3 Å². The number of hydrogen-bond acceptors (Lipinski definition) is 6. The van der Waals surface area contributed by atoms with Gasteiger partial charge in [0.2, 0.25) is 5.89 Å². The molecule has 0 aliphatic carbocycles. The molecule has 2 N–H and O–H groups in total. The zero-order chi connectivity index (χ0) is 14.7. The van der Waals surface area contributed by atoms with Crippen LogP contribution in [0.1, 0.15) is 18.1 Å². The van der Waals surface area contributed by atoms with Crippen LogP contribution in [0.25, 0.3) is 0 Å². The van der Waals surface area contributed by atoms with Crippen LogP contribution in [0.4, 0.5) is 0 Å². The number of hydrogen-bond donors (Lipinski definition) is 2. The molecule has 1 aromatic rings. The van der Waals surface area contributed by atoms with Crippen molar-refractivity contribution in [1.29, 1.82) is 0 Å². The van der Waals surface area contributed by atoms with Gasteiger partial charge in [0.25, 0.3) is 0 Å². The molecule has 3 atom stereocenters. The average molecular weight is 283 g/mol. The molecular weight excluding hydrogens is 266 g/mol. The van der Waals surface area contributed by atoms with Crippen LogP contribution in [-0.4, -0.2) is 56.8 Å². The largest absolute Gasteiger partial charge is 0.473 e. The van der Waals surface area contributed by atoms with Gasteiger partial charge in [-0.05, 0) is 31.7 Å². The molecule has 8 nitrogen and oxygen atoms in total. The number of fused-ring (bicyclic) bond motifs is 2. The fraction of sp³-hybridized carbons (Fsp3) is 0.667. The van der Waals surface area contributed by atoms with E-state index < -0.39 is 11.9 Å². The number of carboxylic acid groups (broad SMARTS) is 2. The summed E-state index contributed by atoms with van der Waals surface area (Å²) >= 11 is 0. The summed E-state index contributed by atoms with van der Waals surface area (Å²) in [5.41, 5.74) is 0. The Morgan fingerprint density at radius 2 is 2.05 bits per heavy atom. The lowest BCUT2D eigenvalue weighted by Gasteiger charge is -2.20. The lowest BCUT2D eigenvalue weighted by atomic mass is 9.90. The minimum Gasteiger partial charge on any atom is -0.473 e. The van der Waals surface area contributed by atoms with E-state index in [9.17, 15) is 0 Å². The van der Waals surface area contributed by atoms with E-state index in [0.717, 1.165) is 30.0 Å². The van der Waals surface area contributed by atoms with Gasteiger partial charge in [0.05, 0.1) is 0 Å². The first-order valence-electron chi connectivity index (χ1n) is 6.43. The van der Waals surface area contributed by atoms with E-state index in [-0.39, 0.29) is 0 Å². The van der Waals surface area contributed by atoms with Crippen LogP contribution in [0.15, 0.2) is 4.52 Å². The maximum Gasteiger partial charge on any atom is 0.414 e. The van der Waals surface area contributed by atoms with E-state index in [1.165, 1.54) is 26.1 Å². The average Bonchev–Trinajstić information content (AvgIpc) is 3.07. The summed E-state index contributed by atoms with van der Waals surface area (Å²) in [5, 5.41) is 18.6. The topological polar surface area (TPSA) is 117 Å². The molecule has 2 saturated heterocycles. The Bertz CT molecular complexity index is 489. The first-order valence-corrected chi connectivity index (χ1v) is 6.43. The van der Waals surface area contributed by atoms with Crippen LogP contribution >= 0.6 is 0 Å². The molecule has 0 saturated carbocycles. The summed E-state index contributed by atoms with van der Waals surface area (Å²) in [6, 6.07) is 0. The summed E-state index contributed by atoms with van der Waals surface area (Å²) in [6.45, 7) is 5.69. The molecule has 3 rings (SSSR count). The summed E-state index contributed by atoms with van der Waals surface area (Å²) < 4.78 is 5.15. The van der Waals surface area contributed by atoms with E-state index in [1.54, 1.807) is 0 Å². The smallest absolute Gasteiger partial charge is 0.414 e. The molecule has 2 aliphatic rings. The van der Waals surface area contributed by atoms with Gasteiger partial charge in [0, 0.05) is 19.5 Å². The Morgan fingerprint density at radius 1 is 1.35 bits per heavy atom. The van der Waals surface area contributed by atoms with Crippen molar-refractivity contribution in [3.05, 3.63) is 11.7 Å². The zero-order valence-corrected chi connectivity index (χ0v) is 11.2. The maximum atomic E-state index is 9.10. The standard InChI is InChI=1S/C10H15N3O.C2H2O4/c1-7-11-10(14-12-7)4-9-6-13-3-2-8(9)5-13;3-1(4)2(5)6/h8-9H,2-6H2,1H3;(H,3,4)(H,5,6). The maximum absolute atomic E-state index is 9.10. The molecule has 2 bridgehead atoms.